The van der Waals surface area contributed by atoms with Crippen LogP contribution in [0.25, 0.3) is 11.1 Å². The Kier molecular flexibility index (Phi) is 6.55. The number of hydrogen-bond donors (Lipinski definition) is 2. The Morgan fingerprint density at radius 3 is 2.24 bits per heavy atom. The second kappa shape index (κ2) is 9.41. The van der Waals surface area contributed by atoms with Crippen LogP contribution in [0.3, 0.4) is 0 Å². The topological polar surface area (TPSA) is 88.1 Å². The molecule has 1 amide bonds. The molecule has 7 heteroatoms. The number of amides is 1. The van der Waals surface area contributed by atoms with Crippen LogP contribution >= 0.6 is 0 Å². The van der Waals surface area contributed by atoms with Crippen LogP contribution in [0.2, 0.25) is 0 Å². The molecule has 1 fully saturated rings. The van der Waals surface area contributed by atoms with Crippen molar-refractivity contribution in [1.82, 2.24) is 10.2 Å². The largest absolute Gasteiger partial charge is 0.480 e. The molecule has 1 saturated heterocycles. The highest BCUT2D eigenvalue weighted by Gasteiger charge is 2.41. The zero-order chi connectivity index (χ0) is 24.5. The van der Waals surface area contributed by atoms with Gasteiger partial charge in [0.2, 0.25) is 0 Å². The molecule has 0 radical (unpaired) electrons. The van der Waals surface area contributed by atoms with Crippen molar-refractivity contribution in [2.75, 3.05) is 19.7 Å². The molecule has 2 aromatic rings. The van der Waals surface area contributed by atoms with E-state index in [1.54, 1.807) is 20.8 Å². The number of nitrogens with zero attached hydrogens (tertiary/aromatic N) is 1. The van der Waals surface area contributed by atoms with Gasteiger partial charge in [-0.1, -0.05) is 48.5 Å². The maximum Gasteiger partial charge on any atom is 0.411 e. The molecule has 2 atom stereocenters. The van der Waals surface area contributed by atoms with E-state index < -0.39 is 23.7 Å². The van der Waals surface area contributed by atoms with Crippen LogP contribution in [-0.2, 0) is 14.3 Å². The van der Waals surface area contributed by atoms with E-state index in [4.69, 9.17) is 9.47 Å². The van der Waals surface area contributed by atoms with Crippen LogP contribution < -0.4 is 5.32 Å². The van der Waals surface area contributed by atoms with E-state index in [-0.39, 0.29) is 11.8 Å². The number of nitrogens with one attached hydrogen (secondary N) is 1. The number of likely N-dealkylation sites (tertiary alicyclic amines) is 1. The van der Waals surface area contributed by atoms with Gasteiger partial charge in [0.15, 0.2) is 5.88 Å². The van der Waals surface area contributed by atoms with Gasteiger partial charge in [0.25, 0.3) is 0 Å². The van der Waals surface area contributed by atoms with Crippen LogP contribution in [0.15, 0.2) is 61.0 Å². The Bertz CT molecular complexity index is 1040. The smallest absolute Gasteiger partial charge is 0.411 e. The zero-order valence-corrected chi connectivity index (χ0v) is 19.9. The summed E-state index contributed by atoms with van der Waals surface area (Å²) in [6.45, 7) is 10.5. The molecule has 2 N–H and O–H groups in total. The number of carbonyl (C=O) groups is 2. The van der Waals surface area contributed by atoms with Gasteiger partial charge in [-0.05, 0) is 61.9 Å². The molecule has 7 nitrogen and oxygen atoms in total. The first-order valence-corrected chi connectivity index (χ1v) is 11.6. The summed E-state index contributed by atoms with van der Waals surface area (Å²) in [6, 6.07) is 15.8. The third-order valence-electron chi connectivity index (χ3n) is 6.28. The summed E-state index contributed by atoms with van der Waals surface area (Å²) in [5.41, 5.74) is 4.27. The van der Waals surface area contributed by atoms with Gasteiger partial charge in [-0.2, -0.15) is 0 Å². The van der Waals surface area contributed by atoms with E-state index in [0.29, 0.717) is 32.0 Å². The van der Waals surface area contributed by atoms with Gasteiger partial charge < -0.3 is 19.9 Å². The van der Waals surface area contributed by atoms with E-state index in [1.807, 2.05) is 24.3 Å². The van der Waals surface area contributed by atoms with E-state index in [1.165, 1.54) is 27.2 Å². The van der Waals surface area contributed by atoms with Crippen molar-refractivity contribution in [3.05, 3.63) is 72.1 Å². The van der Waals surface area contributed by atoms with Gasteiger partial charge >= 0.3 is 12.1 Å². The first-order valence-electron chi connectivity index (χ1n) is 11.6. The Morgan fingerprint density at radius 1 is 1.09 bits per heavy atom. The van der Waals surface area contributed by atoms with Crippen molar-refractivity contribution in [2.45, 2.75) is 44.8 Å². The van der Waals surface area contributed by atoms with Crippen molar-refractivity contribution in [1.29, 1.82) is 0 Å². The molecule has 0 spiro atoms. The quantitative estimate of drug-likeness (QED) is 0.583. The van der Waals surface area contributed by atoms with Crippen molar-refractivity contribution in [3.8, 4) is 11.1 Å². The standard InChI is InChI=1S/C27H32N2O5/c1-17(28-14-18-13-24(25(30)31)29(15-18)26(32)34-27(2,3)4)33-16-23-21-11-7-5-9-19(21)20-10-6-8-12-22(20)23/h5-12,18,23-24,28H,1,13-16H2,2-4H3,(H,30,31)/t18-,24-/m0/s1. The molecule has 0 unspecified atom stereocenters. The minimum atomic E-state index is -1.03. The average Bonchev–Trinajstić information content (AvgIpc) is 3.35. The molecule has 0 aromatic heterocycles. The number of carboxylic acid groups (broad SMARTS) is 1. The summed E-state index contributed by atoms with van der Waals surface area (Å²) >= 11 is 0. The summed E-state index contributed by atoms with van der Waals surface area (Å²) < 4.78 is 11.4. The maximum absolute atomic E-state index is 12.5. The SMILES string of the molecule is C=C(NC[C@@H]1C[C@@H](C(=O)O)N(C(=O)OC(C)(C)C)C1)OCC1c2ccccc2-c2ccccc21. The predicted molar refractivity (Wildman–Crippen MR) is 129 cm³/mol. The molecule has 2 aliphatic rings. The molecular weight excluding hydrogens is 432 g/mol. The van der Waals surface area contributed by atoms with Crippen LogP contribution in [-0.4, -0.2) is 53.4 Å². The normalized spacial score (nSPS) is 19.3. The summed E-state index contributed by atoms with van der Waals surface area (Å²) in [5, 5.41) is 12.8. The summed E-state index contributed by atoms with van der Waals surface area (Å²) in [6.07, 6.45) is -0.255. The van der Waals surface area contributed by atoms with Crippen molar-refractivity contribution in [3.63, 3.8) is 0 Å². The number of benzene rings is 2. The van der Waals surface area contributed by atoms with Crippen molar-refractivity contribution in [2.24, 2.45) is 5.92 Å². The number of aliphatic carboxylic acids is 1. The van der Waals surface area contributed by atoms with E-state index in [2.05, 4.69) is 36.2 Å². The zero-order valence-electron chi connectivity index (χ0n) is 19.9. The second-order valence-electron chi connectivity index (χ2n) is 9.93. The van der Waals surface area contributed by atoms with E-state index >= 15 is 0 Å². The van der Waals surface area contributed by atoms with Gasteiger partial charge in [0.1, 0.15) is 18.2 Å². The van der Waals surface area contributed by atoms with Gasteiger partial charge in [0, 0.05) is 19.0 Å². The lowest BCUT2D eigenvalue weighted by molar-refractivity contribution is -0.142. The second-order valence-corrected chi connectivity index (χ2v) is 9.93. The third kappa shape index (κ3) is 5.03. The molecule has 180 valence electrons. The Labute approximate surface area is 200 Å². The lowest BCUT2D eigenvalue weighted by Crippen LogP contribution is -2.43. The number of hydrogen-bond acceptors (Lipinski definition) is 5. The van der Waals surface area contributed by atoms with Crippen LogP contribution in [0, 0.1) is 5.92 Å². The van der Waals surface area contributed by atoms with Crippen LogP contribution in [0.4, 0.5) is 4.79 Å². The Balaban J connectivity index is 1.32. The highest BCUT2D eigenvalue weighted by molar-refractivity contribution is 5.81. The molecule has 1 aliphatic heterocycles. The highest BCUT2D eigenvalue weighted by Crippen LogP contribution is 2.44. The van der Waals surface area contributed by atoms with Gasteiger partial charge in [-0.25, -0.2) is 9.59 Å². The summed E-state index contributed by atoms with van der Waals surface area (Å²) in [5.74, 6) is -0.523. The lowest BCUT2D eigenvalue weighted by atomic mass is 9.98. The molecule has 1 aliphatic carbocycles. The van der Waals surface area contributed by atoms with Crippen molar-refractivity contribution >= 4 is 12.1 Å². The molecule has 1 heterocycles. The molecule has 0 saturated carbocycles. The number of rotatable bonds is 7. The molecule has 34 heavy (non-hydrogen) atoms. The minimum absolute atomic E-state index is 0.0538. The predicted octanol–water partition coefficient (Wildman–Crippen LogP) is 4.59. The Morgan fingerprint density at radius 2 is 1.68 bits per heavy atom. The molecular formula is C27H32N2O5. The lowest BCUT2D eigenvalue weighted by Gasteiger charge is -2.26. The molecule has 4 rings (SSSR count). The van der Waals surface area contributed by atoms with Crippen LogP contribution in [0.5, 0.6) is 0 Å². The monoisotopic (exact) mass is 464 g/mol. The van der Waals surface area contributed by atoms with Gasteiger partial charge in [-0.15, -0.1) is 0 Å². The summed E-state index contributed by atoms with van der Waals surface area (Å²) in [4.78, 5) is 25.5. The Hall–Kier alpha value is -3.48. The van der Waals surface area contributed by atoms with Gasteiger partial charge in [0.05, 0.1) is 0 Å². The van der Waals surface area contributed by atoms with E-state index in [0.717, 1.165) is 0 Å². The molecule has 2 aromatic carbocycles. The number of fused-ring (bicyclic) bond motifs is 3. The fraction of sp³-hybridized carbons (Fsp3) is 0.407. The number of carboxylic acids is 1. The maximum atomic E-state index is 12.5. The van der Waals surface area contributed by atoms with Crippen molar-refractivity contribution < 1.29 is 24.2 Å². The van der Waals surface area contributed by atoms with Gasteiger partial charge in [-0.3, -0.25) is 4.90 Å². The highest BCUT2D eigenvalue weighted by atomic mass is 16.6. The summed E-state index contributed by atoms with van der Waals surface area (Å²) in [7, 11) is 0. The number of carbonyl (C=O) groups excluding carboxylic acids is 1. The first kappa shape index (κ1) is 23.7. The minimum Gasteiger partial charge on any atom is -0.480 e. The number of ether oxygens (including phenoxy) is 2. The first-order chi connectivity index (χ1) is 16.1. The fourth-order valence-corrected chi connectivity index (χ4v) is 4.76. The van der Waals surface area contributed by atoms with Crippen LogP contribution in [0.1, 0.15) is 44.2 Å². The average molecular weight is 465 g/mol. The third-order valence-corrected chi connectivity index (χ3v) is 6.28. The molecule has 0 bridgehead atoms. The van der Waals surface area contributed by atoms with E-state index in [9.17, 15) is 14.7 Å². The fourth-order valence-electron chi connectivity index (χ4n) is 4.76.